The number of alkyl halides is 5. The number of ether oxygens (including phenoxy) is 2. The predicted molar refractivity (Wildman–Crippen MR) is 85.7 cm³/mol. The molecule has 2 rings (SSSR count). The van der Waals surface area contributed by atoms with Gasteiger partial charge in [0.1, 0.15) is 0 Å². The van der Waals surface area contributed by atoms with Crippen molar-refractivity contribution in [1.82, 2.24) is 4.72 Å². The van der Waals surface area contributed by atoms with Crippen LogP contribution in [0.15, 0.2) is 47.4 Å². The summed E-state index contributed by atoms with van der Waals surface area (Å²) in [5.41, 5.74) is -1.82. The molecule has 0 saturated heterocycles. The molecule has 0 unspecified atom stereocenters. The van der Waals surface area contributed by atoms with Gasteiger partial charge in [-0.1, -0.05) is 12.1 Å². The zero-order valence-corrected chi connectivity index (χ0v) is 14.8. The summed E-state index contributed by atoms with van der Waals surface area (Å²) in [6.07, 6.45) is -4.97. The zero-order valence-electron chi connectivity index (χ0n) is 14.0. The van der Waals surface area contributed by atoms with Gasteiger partial charge in [0, 0.05) is 5.56 Å². The summed E-state index contributed by atoms with van der Waals surface area (Å²) >= 11 is 0. The van der Waals surface area contributed by atoms with Gasteiger partial charge in [-0.2, -0.15) is 22.0 Å². The lowest BCUT2D eigenvalue weighted by Crippen LogP contribution is -2.32. The number of halogens is 5. The van der Waals surface area contributed by atoms with E-state index in [9.17, 15) is 35.2 Å². The Hall–Kier alpha value is -2.89. The molecule has 2 aromatic carbocycles. The Morgan fingerprint density at radius 2 is 1.71 bits per heavy atom. The van der Waals surface area contributed by atoms with Crippen molar-refractivity contribution < 1.29 is 44.6 Å². The summed E-state index contributed by atoms with van der Waals surface area (Å²) < 4.78 is 98.6. The van der Waals surface area contributed by atoms with Crippen LogP contribution < -0.4 is 14.2 Å². The molecule has 152 valence electrons. The Morgan fingerprint density at radius 3 is 2.29 bits per heavy atom. The van der Waals surface area contributed by atoms with Crippen LogP contribution in [0.4, 0.5) is 22.0 Å². The SMILES string of the molecule is COc1cc(C(=O)NS(=O)(=O)c2ccccc2C(F)(F)F)ccc1OC(F)F. The molecule has 0 aromatic heterocycles. The Morgan fingerprint density at radius 1 is 1.07 bits per heavy atom. The molecular weight excluding hydrogens is 413 g/mol. The van der Waals surface area contributed by atoms with Crippen LogP contribution in [0.1, 0.15) is 15.9 Å². The number of carbonyl (C=O) groups is 1. The van der Waals surface area contributed by atoms with Crippen LogP contribution in [0.2, 0.25) is 0 Å². The Labute approximate surface area is 155 Å². The molecule has 0 radical (unpaired) electrons. The summed E-state index contributed by atoms with van der Waals surface area (Å²) in [5, 5.41) is 0. The summed E-state index contributed by atoms with van der Waals surface area (Å²) in [5.74, 6) is -2.01. The van der Waals surface area contributed by atoms with Crippen LogP contribution in [0.25, 0.3) is 0 Å². The minimum absolute atomic E-state index is 0.305. The average molecular weight is 425 g/mol. The van der Waals surface area contributed by atoms with Crippen LogP contribution in [0.3, 0.4) is 0 Å². The third kappa shape index (κ3) is 4.88. The third-order valence-corrected chi connectivity index (χ3v) is 4.74. The zero-order chi connectivity index (χ0) is 21.1. The van der Waals surface area contributed by atoms with Gasteiger partial charge in [0.15, 0.2) is 11.5 Å². The molecule has 0 heterocycles. The van der Waals surface area contributed by atoms with Gasteiger partial charge in [-0.05, 0) is 30.3 Å². The highest BCUT2D eigenvalue weighted by molar-refractivity contribution is 7.90. The van der Waals surface area contributed by atoms with E-state index in [1.165, 1.54) is 4.72 Å². The van der Waals surface area contributed by atoms with Crippen molar-refractivity contribution in [2.24, 2.45) is 0 Å². The van der Waals surface area contributed by atoms with Crippen LogP contribution in [0, 0.1) is 0 Å². The van der Waals surface area contributed by atoms with Gasteiger partial charge in [0.2, 0.25) is 0 Å². The van der Waals surface area contributed by atoms with Crippen molar-refractivity contribution in [3.05, 3.63) is 53.6 Å². The Bertz CT molecular complexity index is 976. The molecular formula is C16H12F5NO5S. The second kappa shape index (κ2) is 8.00. The minimum Gasteiger partial charge on any atom is -0.493 e. The summed E-state index contributed by atoms with van der Waals surface area (Å²) in [7, 11) is -3.79. The number of carbonyl (C=O) groups excluding carboxylic acids is 1. The van der Waals surface area contributed by atoms with E-state index < -0.39 is 44.9 Å². The van der Waals surface area contributed by atoms with Crippen LogP contribution in [-0.2, 0) is 16.2 Å². The number of methoxy groups -OCH3 is 1. The first kappa shape index (κ1) is 21.4. The van der Waals surface area contributed by atoms with E-state index in [4.69, 9.17) is 4.74 Å². The highest BCUT2D eigenvalue weighted by atomic mass is 32.2. The molecule has 0 aliphatic carbocycles. The molecule has 0 aliphatic heterocycles. The lowest BCUT2D eigenvalue weighted by atomic mass is 10.2. The fourth-order valence-corrected chi connectivity index (χ4v) is 3.38. The minimum atomic E-state index is -4.97. The second-order valence-electron chi connectivity index (χ2n) is 5.17. The maximum atomic E-state index is 13.0. The van der Waals surface area contributed by atoms with Crippen LogP contribution in [-0.4, -0.2) is 28.0 Å². The molecule has 1 amide bonds. The van der Waals surface area contributed by atoms with Gasteiger partial charge in [0.25, 0.3) is 15.9 Å². The molecule has 1 N–H and O–H groups in total. The Balaban J connectivity index is 2.35. The number of nitrogens with one attached hydrogen (secondary N) is 1. The molecule has 0 bridgehead atoms. The standard InChI is InChI=1S/C16H12F5NO5S/c1-26-12-8-9(6-7-11(12)27-15(17)18)14(23)22-28(24,25)13-5-3-2-4-10(13)16(19,20)21/h2-8,15H,1H3,(H,22,23). The van der Waals surface area contributed by atoms with Crippen molar-refractivity contribution in [3.8, 4) is 11.5 Å². The van der Waals surface area contributed by atoms with E-state index >= 15 is 0 Å². The van der Waals surface area contributed by atoms with Crippen molar-refractivity contribution >= 4 is 15.9 Å². The first-order valence-electron chi connectivity index (χ1n) is 7.32. The van der Waals surface area contributed by atoms with E-state index in [1.54, 1.807) is 0 Å². The second-order valence-corrected chi connectivity index (χ2v) is 6.82. The number of sulfonamides is 1. The van der Waals surface area contributed by atoms with Crippen molar-refractivity contribution in [2.75, 3.05) is 7.11 Å². The van der Waals surface area contributed by atoms with Crippen molar-refractivity contribution in [2.45, 2.75) is 17.7 Å². The monoisotopic (exact) mass is 425 g/mol. The highest BCUT2D eigenvalue weighted by Crippen LogP contribution is 2.34. The normalized spacial score (nSPS) is 12.0. The molecule has 0 spiro atoms. The smallest absolute Gasteiger partial charge is 0.417 e. The predicted octanol–water partition coefficient (Wildman–Crippen LogP) is 3.43. The first-order chi connectivity index (χ1) is 13.0. The molecule has 28 heavy (non-hydrogen) atoms. The molecule has 0 fully saturated rings. The summed E-state index contributed by atoms with van der Waals surface area (Å²) in [4.78, 5) is 11.0. The molecule has 0 atom stereocenters. The van der Waals surface area contributed by atoms with E-state index in [0.717, 1.165) is 37.4 Å². The van der Waals surface area contributed by atoms with Crippen molar-refractivity contribution in [3.63, 3.8) is 0 Å². The topological polar surface area (TPSA) is 81.7 Å². The summed E-state index contributed by atoms with van der Waals surface area (Å²) in [6, 6.07) is 6.08. The molecule has 0 saturated carbocycles. The fourth-order valence-electron chi connectivity index (χ4n) is 2.17. The van der Waals surface area contributed by atoms with E-state index in [2.05, 4.69) is 4.74 Å². The number of hydrogen-bond donors (Lipinski definition) is 1. The molecule has 2 aromatic rings. The Kier molecular flexibility index (Phi) is 6.12. The van der Waals surface area contributed by atoms with Gasteiger partial charge in [-0.15, -0.1) is 0 Å². The van der Waals surface area contributed by atoms with Gasteiger partial charge >= 0.3 is 12.8 Å². The van der Waals surface area contributed by atoms with E-state index in [-0.39, 0.29) is 11.3 Å². The average Bonchev–Trinajstić information content (AvgIpc) is 2.60. The number of hydrogen-bond acceptors (Lipinski definition) is 5. The van der Waals surface area contributed by atoms with Gasteiger partial charge < -0.3 is 9.47 Å². The number of amides is 1. The van der Waals surface area contributed by atoms with E-state index in [0.29, 0.717) is 12.1 Å². The van der Waals surface area contributed by atoms with Crippen LogP contribution in [0.5, 0.6) is 11.5 Å². The van der Waals surface area contributed by atoms with Crippen LogP contribution >= 0.6 is 0 Å². The van der Waals surface area contributed by atoms with Gasteiger partial charge in [0.05, 0.1) is 17.6 Å². The lowest BCUT2D eigenvalue weighted by molar-refractivity contribution is -0.139. The van der Waals surface area contributed by atoms with Crippen molar-refractivity contribution in [1.29, 1.82) is 0 Å². The van der Waals surface area contributed by atoms with Gasteiger partial charge in [-0.25, -0.2) is 13.1 Å². The maximum absolute atomic E-state index is 13.0. The maximum Gasteiger partial charge on any atom is 0.417 e. The summed E-state index contributed by atoms with van der Waals surface area (Å²) in [6.45, 7) is -3.17. The third-order valence-electron chi connectivity index (χ3n) is 3.35. The molecule has 0 aliphatic rings. The number of rotatable bonds is 6. The largest absolute Gasteiger partial charge is 0.493 e. The fraction of sp³-hybridized carbons (Fsp3) is 0.188. The quantitative estimate of drug-likeness (QED) is 0.718. The lowest BCUT2D eigenvalue weighted by Gasteiger charge is -2.14. The molecule has 12 heteroatoms. The first-order valence-corrected chi connectivity index (χ1v) is 8.80. The molecule has 6 nitrogen and oxygen atoms in total. The highest BCUT2D eigenvalue weighted by Gasteiger charge is 2.37. The van der Waals surface area contributed by atoms with E-state index in [1.807, 2.05) is 0 Å². The van der Waals surface area contributed by atoms with Gasteiger partial charge in [-0.3, -0.25) is 4.79 Å². The number of benzene rings is 2.